The van der Waals surface area contributed by atoms with Gasteiger partial charge in [0, 0.05) is 18.3 Å². The fraction of sp³-hybridized carbons (Fsp3) is 0.286. The van der Waals surface area contributed by atoms with E-state index in [0.29, 0.717) is 5.82 Å². The molecule has 0 fully saturated rings. The molecule has 100 valence electrons. The highest BCUT2D eigenvalue weighted by Gasteiger charge is 2.05. The maximum Gasteiger partial charge on any atom is 0.168 e. The van der Waals surface area contributed by atoms with Crippen molar-refractivity contribution in [3.63, 3.8) is 0 Å². The number of benzene rings is 1. The molecule has 0 aliphatic heterocycles. The lowest BCUT2D eigenvalue weighted by Gasteiger charge is -2.09. The third-order valence-electron chi connectivity index (χ3n) is 2.45. The number of nitrogens with zero attached hydrogens (tertiary/aromatic N) is 2. The second-order valence-electron chi connectivity index (χ2n) is 4.06. The van der Waals surface area contributed by atoms with Crippen LogP contribution in [0.4, 0.5) is 10.2 Å². The molecule has 19 heavy (non-hydrogen) atoms. The Morgan fingerprint density at radius 1 is 1.26 bits per heavy atom. The van der Waals surface area contributed by atoms with Crippen molar-refractivity contribution >= 4 is 5.82 Å². The summed E-state index contributed by atoms with van der Waals surface area (Å²) in [6.45, 7) is 4.80. The molecule has 0 radical (unpaired) electrons. The molecule has 0 spiro atoms. The van der Waals surface area contributed by atoms with Gasteiger partial charge in [0.15, 0.2) is 17.4 Å². The predicted molar refractivity (Wildman–Crippen MR) is 71.7 cm³/mol. The molecule has 4 nitrogen and oxygen atoms in total. The van der Waals surface area contributed by atoms with E-state index < -0.39 is 0 Å². The Kier molecular flexibility index (Phi) is 4.28. The summed E-state index contributed by atoms with van der Waals surface area (Å²) in [5.74, 6) is 1.10. The lowest BCUT2D eigenvalue weighted by atomic mass is 10.3. The summed E-state index contributed by atoms with van der Waals surface area (Å²) in [5, 5.41) is 3.12. The van der Waals surface area contributed by atoms with Gasteiger partial charge < -0.3 is 10.1 Å². The molecule has 0 aliphatic rings. The van der Waals surface area contributed by atoms with E-state index in [1.54, 1.807) is 18.2 Å². The quantitative estimate of drug-likeness (QED) is 0.899. The first-order valence-corrected chi connectivity index (χ1v) is 6.15. The Labute approximate surface area is 111 Å². The molecule has 0 atom stereocenters. The van der Waals surface area contributed by atoms with Crippen LogP contribution >= 0.6 is 0 Å². The number of hydrogen-bond acceptors (Lipinski definition) is 4. The molecule has 5 heteroatoms. The molecule has 1 heterocycles. The van der Waals surface area contributed by atoms with Crippen LogP contribution in [0.25, 0.3) is 0 Å². The van der Waals surface area contributed by atoms with Crippen LogP contribution in [0, 0.1) is 12.7 Å². The smallest absolute Gasteiger partial charge is 0.168 e. The second kappa shape index (κ2) is 6.13. The van der Waals surface area contributed by atoms with E-state index in [1.807, 2.05) is 19.9 Å². The van der Waals surface area contributed by atoms with Gasteiger partial charge in [0.1, 0.15) is 12.4 Å². The van der Waals surface area contributed by atoms with Gasteiger partial charge in [0.2, 0.25) is 0 Å². The Balaban J connectivity index is 2.09. The van der Waals surface area contributed by atoms with E-state index in [-0.39, 0.29) is 18.2 Å². The van der Waals surface area contributed by atoms with Crippen molar-refractivity contribution in [3.05, 3.63) is 47.7 Å². The van der Waals surface area contributed by atoms with Crippen molar-refractivity contribution in [1.29, 1.82) is 0 Å². The SMILES string of the molecule is CCNc1cc(C)nc(COc2ccccc2F)n1. The zero-order valence-electron chi connectivity index (χ0n) is 11.0. The van der Waals surface area contributed by atoms with E-state index in [0.717, 1.165) is 18.1 Å². The highest BCUT2D eigenvalue weighted by atomic mass is 19.1. The monoisotopic (exact) mass is 261 g/mol. The van der Waals surface area contributed by atoms with Crippen LogP contribution in [-0.2, 0) is 6.61 Å². The van der Waals surface area contributed by atoms with E-state index >= 15 is 0 Å². The molecule has 0 amide bonds. The molecule has 0 unspecified atom stereocenters. The van der Waals surface area contributed by atoms with Crippen LogP contribution in [0.3, 0.4) is 0 Å². The fourth-order valence-corrected chi connectivity index (χ4v) is 1.67. The maximum absolute atomic E-state index is 13.4. The molecule has 2 rings (SSSR count). The average Bonchev–Trinajstić information content (AvgIpc) is 2.37. The molecule has 0 saturated heterocycles. The molecule has 0 aliphatic carbocycles. The first-order chi connectivity index (χ1) is 9.19. The molecule has 1 N–H and O–H groups in total. The third-order valence-corrected chi connectivity index (χ3v) is 2.45. The lowest BCUT2D eigenvalue weighted by Crippen LogP contribution is -2.07. The minimum atomic E-state index is -0.387. The van der Waals surface area contributed by atoms with Gasteiger partial charge in [-0.1, -0.05) is 12.1 Å². The average molecular weight is 261 g/mol. The van der Waals surface area contributed by atoms with E-state index in [9.17, 15) is 4.39 Å². The minimum Gasteiger partial charge on any atom is -0.483 e. The van der Waals surface area contributed by atoms with Gasteiger partial charge >= 0.3 is 0 Å². The van der Waals surface area contributed by atoms with Gasteiger partial charge in [-0.15, -0.1) is 0 Å². The molecule has 1 aromatic heterocycles. The standard InChI is InChI=1S/C14H16FN3O/c1-3-16-13-8-10(2)17-14(18-13)9-19-12-7-5-4-6-11(12)15/h4-8H,3,9H2,1-2H3,(H,16,17,18). The number of rotatable bonds is 5. The molecular weight excluding hydrogens is 245 g/mol. The molecule has 0 bridgehead atoms. The van der Waals surface area contributed by atoms with Gasteiger partial charge in [-0.2, -0.15) is 0 Å². The largest absolute Gasteiger partial charge is 0.483 e. The van der Waals surface area contributed by atoms with Gasteiger partial charge in [-0.25, -0.2) is 14.4 Å². The fourth-order valence-electron chi connectivity index (χ4n) is 1.67. The summed E-state index contributed by atoms with van der Waals surface area (Å²) < 4.78 is 18.8. The van der Waals surface area contributed by atoms with Crippen molar-refractivity contribution in [2.45, 2.75) is 20.5 Å². The highest BCUT2D eigenvalue weighted by Crippen LogP contribution is 2.16. The van der Waals surface area contributed by atoms with Crippen LogP contribution < -0.4 is 10.1 Å². The third kappa shape index (κ3) is 3.64. The van der Waals surface area contributed by atoms with Gasteiger partial charge in [-0.3, -0.25) is 0 Å². The molecular formula is C14H16FN3O. The lowest BCUT2D eigenvalue weighted by molar-refractivity contribution is 0.281. The van der Waals surface area contributed by atoms with E-state index in [4.69, 9.17) is 4.74 Å². The normalized spacial score (nSPS) is 10.3. The molecule has 2 aromatic rings. The minimum absolute atomic E-state index is 0.140. The Morgan fingerprint density at radius 3 is 2.79 bits per heavy atom. The number of ether oxygens (including phenoxy) is 1. The van der Waals surface area contributed by atoms with Crippen molar-refractivity contribution in [2.75, 3.05) is 11.9 Å². The summed E-state index contributed by atoms with van der Waals surface area (Å²) in [7, 11) is 0. The first-order valence-electron chi connectivity index (χ1n) is 6.15. The van der Waals surface area contributed by atoms with Gasteiger partial charge in [0.05, 0.1) is 0 Å². The number of para-hydroxylation sites is 1. The molecule has 1 aromatic carbocycles. The van der Waals surface area contributed by atoms with Gasteiger partial charge in [-0.05, 0) is 26.0 Å². The summed E-state index contributed by atoms with van der Waals surface area (Å²) in [5.41, 5.74) is 0.845. The summed E-state index contributed by atoms with van der Waals surface area (Å²) >= 11 is 0. The van der Waals surface area contributed by atoms with Crippen molar-refractivity contribution in [1.82, 2.24) is 9.97 Å². The second-order valence-corrected chi connectivity index (χ2v) is 4.06. The number of hydrogen-bond donors (Lipinski definition) is 1. The van der Waals surface area contributed by atoms with Crippen LogP contribution in [0.2, 0.25) is 0 Å². The van der Waals surface area contributed by atoms with Gasteiger partial charge in [0.25, 0.3) is 0 Å². The van der Waals surface area contributed by atoms with E-state index in [2.05, 4.69) is 15.3 Å². The van der Waals surface area contributed by atoms with Crippen LogP contribution in [0.5, 0.6) is 5.75 Å². The van der Waals surface area contributed by atoms with Crippen molar-refractivity contribution in [3.8, 4) is 5.75 Å². The highest BCUT2D eigenvalue weighted by molar-refractivity contribution is 5.35. The van der Waals surface area contributed by atoms with E-state index in [1.165, 1.54) is 6.07 Å². The first kappa shape index (κ1) is 13.3. The predicted octanol–water partition coefficient (Wildman–Crippen LogP) is 2.93. The van der Waals surface area contributed by atoms with Crippen LogP contribution in [-0.4, -0.2) is 16.5 Å². The molecule has 0 saturated carbocycles. The Bertz CT molecular complexity index is 560. The maximum atomic E-state index is 13.4. The summed E-state index contributed by atoms with van der Waals surface area (Å²) in [6, 6.07) is 8.14. The zero-order valence-corrected chi connectivity index (χ0v) is 11.0. The van der Waals surface area contributed by atoms with Crippen molar-refractivity contribution in [2.24, 2.45) is 0 Å². The number of nitrogens with one attached hydrogen (secondary N) is 1. The number of aromatic nitrogens is 2. The Morgan fingerprint density at radius 2 is 2.05 bits per heavy atom. The number of aryl methyl sites for hydroxylation is 1. The number of halogens is 1. The summed E-state index contributed by atoms with van der Waals surface area (Å²) in [6.07, 6.45) is 0. The zero-order chi connectivity index (χ0) is 13.7. The summed E-state index contributed by atoms with van der Waals surface area (Å²) in [4.78, 5) is 8.56. The van der Waals surface area contributed by atoms with Crippen LogP contribution in [0.15, 0.2) is 30.3 Å². The number of anilines is 1. The topological polar surface area (TPSA) is 47.0 Å². The Hall–Kier alpha value is -2.17. The van der Waals surface area contributed by atoms with Crippen molar-refractivity contribution < 1.29 is 9.13 Å². The van der Waals surface area contributed by atoms with Crippen LogP contribution in [0.1, 0.15) is 18.4 Å².